The highest BCUT2D eigenvalue weighted by molar-refractivity contribution is 4.84. The Morgan fingerprint density at radius 2 is 2.11 bits per heavy atom. The van der Waals surface area contributed by atoms with Gasteiger partial charge in [0, 0.05) is 18.2 Å². The second-order valence-corrected chi connectivity index (χ2v) is 6.70. The molecule has 1 saturated carbocycles. The van der Waals surface area contributed by atoms with Gasteiger partial charge in [-0.2, -0.15) is 0 Å². The van der Waals surface area contributed by atoms with E-state index in [-0.39, 0.29) is 12.1 Å². The molecule has 0 heterocycles. The fraction of sp³-hybridized carbons (Fsp3) is 1.00. The zero-order chi connectivity index (χ0) is 14.3. The lowest BCUT2D eigenvalue weighted by Crippen LogP contribution is -2.50. The van der Waals surface area contributed by atoms with Crippen LogP contribution >= 0.6 is 0 Å². The van der Waals surface area contributed by atoms with Crippen LogP contribution < -0.4 is 5.32 Å². The average molecular weight is 271 g/mol. The number of aliphatic hydroxyl groups excluding tert-OH is 1. The second-order valence-electron chi connectivity index (χ2n) is 6.70. The van der Waals surface area contributed by atoms with Crippen molar-refractivity contribution >= 4 is 0 Å². The predicted molar refractivity (Wildman–Crippen MR) is 80.4 cm³/mol. The monoisotopic (exact) mass is 271 g/mol. The fourth-order valence-electron chi connectivity index (χ4n) is 3.11. The molecule has 1 aliphatic rings. The van der Waals surface area contributed by atoms with Crippen LogP contribution in [0, 0.1) is 5.92 Å². The number of hydrogen-bond acceptors (Lipinski definition) is 3. The van der Waals surface area contributed by atoms with Crippen LogP contribution in [-0.2, 0) is 4.74 Å². The Morgan fingerprint density at radius 3 is 2.68 bits per heavy atom. The molecule has 1 rings (SSSR count). The lowest BCUT2D eigenvalue weighted by atomic mass is 9.85. The van der Waals surface area contributed by atoms with Gasteiger partial charge in [0.15, 0.2) is 0 Å². The van der Waals surface area contributed by atoms with Gasteiger partial charge in [0.05, 0.1) is 12.7 Å². The molecule has 3 heteroatoms. The maximum absolute atomic E-state index is 9.53. The highest BCUT2D eigenvalue weighted by Gasteiger charge is 2.25. The van der Waals surface area contributed by atoms with Gasteiger partial charge in [-0.05, 0) is 32.1 Å². The molecular formula is C16H33NO2. The minimum Gasteiger partial charge on any atom is -0.394 e. The summed E-state index contributed by atoms with van der Waals surface area (Å²) in [6.07, 6.45) is 7.72. The molecule has 0 saturated heterocycles. The van der Waals surface area contributed by atoms with Crippen LogP contribution in [0.25, 0.3) is 0 Å². The van der Waals surface area contributed by atoms with Crippen LogP contribution in [-0.4, -0.2) is 36.0 Å². The van der Waals surface area contributed by atoms with Gasteiger partial charge in [-0.25, -0.2) is 0 Å². The van der Waals surface area contributed by atoms with Crippen molar-refractivity contribution in [1.29, 1.82) is 0 Å². The maximum Gasteiger partial charge on any atom is 0.0611 e. The molecule has 2 N–H and O–H groups in total. The van der Waals surface area contributed by atoms with E-state index < -0.39 is 0 Å². The van der Waals surface area contributed by atoms with Crippen molar-refractivity contribution in [2.24, 2.45) is 5.92 Å². The molecule has 0 aromatic carbocycles. The molecule has 0 aromatic heterocycles. The Balaban J connectivity index is 2.28. The van der Waals surface area contributed by atoms with E-state index in [4.69, 9.17) is 4.74 Å². The first kappa shape index (κ1) is 16.9. The largest absolute Gasteiger partial charge is 0.394 e. The van der Waals surface area contributed by atoms with Gasteiger partial charge >= 0.3 is 0 Å². The Labute approximate surface area is 119 Å². The Hall–Kier alpha value is -0.120. The standard InChI is InChI=1S/C16H33NO2/c1-5-14-7-6-8-15(11-14)19-10-9-16(4,12-18)17-13(2)3/h13-15,17-18H,5-12H2,1-4H3. The van der Waals surface area contributed by atoms with Crippen LogP contribution in [0.1, 0.15) is 66.2 Å². The van der Waals surface area contributed by atoms with Gasteiger partial charge in [-0.3, -0.25) is 0 Å². The summed E-state index contributed by atoms with van der Waals surface area (Å²) in [5.74, 6) is 0.858. The molecule has 0 aromatic rings. The molecule has 1 fully saturated rings. The molecule has 0 spiro atoms. The molecule has 3 nitrogen and oxygen atoms in total. The van der Waals surface area contributed by atoms with E-state index >= 15 is 0 Å². The summed E-state index contributed by atoms with van der Waals surface area (Å²) in [6.45, 7) is 9.49. The minimum absolute atomic E-state index is 0.163. The fourth-order valence-corrected chi connectivity index (χ4v) is 3.11. The Kier molecular flexibility index (Phi) is 7.33. The SMILES string of the molecule is CCC1CCCC(OCCC(C)(CO)NC(C)C)C1. The van der Waals surface area contributed by atoms with Crippen molar-refractivity contribution < 1.29 is 9.84 Å². The third kappa shape index (κ3) is 6.24. The van der Waals surface area contributed by atoms with Gasteiger partial charge in [0.25, 0.3) is 0 Å². The van der Waals surface area contributed by atoms with Gasteiger partial charge in [0.1, 0.15) is 0 Å². The second kappa shape index (κ2) is 8.23. The van der Waals surface area contributed by atoms with E-state index in [9.17, 15) is 5.11 Å². The number of rotatable bonds is 8. The maximum atomic E-state index is 9.53. The quantitative estimate of drug-likeness (QED) is 0.713. The van der Waals surface area contributed by atoms with Crippen molar-refractivity contribution in [1.82, 2.24) is 5.32 Å². The molecule has 1 aliphatic carbocycles. The summed E-state index contributed by atoms with van der Waals surface area (Å²) in [6, 6.07) is 0.385. The molecule has 3 atom stereocenters. The Bertz CT molecular complexity index is 245. The molecular weight excluding hydrogens is 238 g/mol. The third-order valence-corrected chi connectivity index (χ3v) is 4.31. The normalized spacial score (nSPS) is 27.5. The number of aliphatic hydroxyl groups is 1. The van der Waals surface area contributed by atoms with Gasteiger partial charge < -0.3 is 15.2 Å². The van der Waals surface area contributed by atoms with E-state index in [2.05, 4.69) is 33.0 Å². The van der Waals surface area contributed by atoms with Crippen LogP contribution in [0.4, 0.5) is 0 Å². The topological polar surface area (TPSA) is 41.5 Å². The molecule has 3 unspecified atom stereocenters. The first-order chi connectivity index (χ1) is 8.99. The number of hydrogen-bond donors (Lipinski definition) is 2. The Morgan fingerprint density at radius 1 is 1.37 bits per heavy atom. The van der Waals surface area contributed by atoms with Crippen LogP contribution in [0.3, 0.4) is 0 Å². The highest BCUT2D eigenvalue weighted by atomic mass is 16.5. The van der Waals surface area contributed by atoms with E-state index in [0.717, 1.165) is 18.9 Å². The molecule has 0 amide bonds. The van der Waals surface area contributed by atoms with Crippen LogP contribution in [0.15, 0.2) is 0 Å². The van der Waals surface area contributed by atoms with Crippen molar-refractivity contribution in [3.8, 4) is 0 Å². The lowest BCUT2D eigenvalue weighted by Gasteiger charge is -2.33. The number of ether oxygens (including phenoxy) is 1. The first-order valence-corrected chi connectivity index (χ1v) is 7.99. The molecule has 0 bridgehead atoms. The van der Waals surface area contributed by atoms with Crippen LogP contribution in [0.5, 0.6) is 0 Å². The first-order valence-electron chi connectivity index (χ1n) is 7.99. The van der Waals surface area contributed by atoms with Crippen molar-refractivity contribution in [3.05, 3.63) is 0 Å². The van der Waals surface area contributed by atoms with Crippen molar-refractivity contribution in [3.63, 3.8) is 0 Å². The molecule has 0 radical (unpaired) electrons. The van der Waals surface area contributed by atoms with Crippen molar-refractivity contribution in [2.75, 3.05) is 13.2 Å². The van der Waals surface area contributed by atoms with Crippen molar-refractivity contribution in [2.45, 2.75) is 83.9 Å². The minimum atomic E-state index is -0.215. The lowest BCUT2D eigenvalue weighted by molar-refractivity contribution is -0.00247. The summed E-state index contributed by atoms with van der Waals surface area (Å²) >= 11 is 0. The van der Waals surface area contributed by atoms with Gasteiger partial charge in [-0.15, -0.1) is 0 Å². The predicted octanol–water partition coefficient (Wildman–Crippen LogP) is 3.11. The number of nitrogens with one attached hydrogen (secondary N) is 1. The summed E-state index contributed by atoms with van der Waals surface area (Å²) in [7, 11) is 0. The zero-order valence-electron chi connectivity index (χ0n) is 13.2. The van der Waals surface area contributed by atoms with Gasteiger partial charge in [0.2, 0.25) is 0 Å². The van der Waals surface area contributed by atoms with E-state index in [0.29, 0.717) is 12.1 Å². The summed E-state index contributed by atoms with van der Waals surface area (Å²) in [5.41, 5.74) is -0.215. The van der Waals surface area contributed by atoms with Crippen LogP contribution in [0.2, 0.25) is 0 Å². The van der Waals surface area contributed by atoms with E-state index in [1.54, 1.807) is 0 Å². The molecule has 0 aliphatic heterocycles. The van der Waals surface area contributed by atoms with Gasteiger partial charge in [-0.1, -0.05) is 40.0 Å². The summed E-state index contributed by atoms with van der Waals surface area (Å²) < 4.78 is 6.04. The van der Waals surface area contributed by atoms with E-state index in [1.165, 1.54) is 32.1 Å². The average Bonchev–Trinajstić information content (AvgIpc) is 2.38. The molecule has 114 valence electrons. The zero-order valence-corrected chi connectivity index (χ0v) is 13.2. The highest BCUT2D eigenvalue weighted by Crippen LogP contribution is 2.28. The third-order valence-electron chi connectivity index (χ3n) is 4.31. The summed E-state index contributed by atoms with van der Waals surface area (Å²) in [4.78, 5) is 0. The summed E-state index contributed by atoms with van der Waals surface area (Å²) in [5, 5.41) is 13.0. The molecule has 19 heavy (non-hydrogen) atoms. The van der Waals surface area contributed by atoms with E-state index in [1.807, 2.05) is 0 Å². The smallest absolute Gasteiger partial charge is 0.0611 e.